The van der Waals surface area contributed by atoms with Gasteiger partial charge in [0.15, 0.2) is 0 Å². The summed E-state index contributed by atoms with van der Waals surface area (Å²) in [7, 11) is 3.66. The van der Waals surface area contributed by atoms with Gasteiger partial charge in [-0.1, -0.05) is 0 Å². The van der Waals surface area contributed by atoms with Gasteiger partial charge in [-0.05, 0) is 13.8 Å². The van der Waals surface area contributed by atoms with Crippen LogP contribution in [-0.4, -0.2) is 28.0 Å². The highest BCUT2D eigenvalue weighted by atomic mass is 32.2. The number of aryl methyl sites for hydroxylation is 1. The summed E-state index contributed by atoms with van der Waals surface area (Å²) >= 11 is -2.35. The number of nitrogens with zero attached hydrogens (tertiary/aromatic N) is 3. The molecule has 1 unspecified atom stereocenters. The maximum Gasteiger partial charge on any atom is 0.206 e. The minimum absolute atomic E-state index is 0.160. The molecule has 0 saturated carbocycles. The molecule has 1 heterocycles. The van der Waals surface area contributed by atoms with E-state index in [9.17, 15) is 8.09 Å². The number of hydrogen-bond acceptors (Lipinski definition) is 3. The van der Waals surface area contributed by atoms with Crippen molar-refractivity contribution >= 4 is 11.2 Å². The fraction of sp³-hybridized carbons (Fsp3) is 0.625. The summed E-state index contributed by atoms with van der Waals surface area (Å²) in [6.07, 6.45) is 0. The minimum atomic E-state index is -2.35. The van der Waals surface area contributed by atoms with Crippen molar-refractivity contribution in [1.82, 2.24) is 9.66 Å². The van der Waals surface area contributed by atoms with Crippen LogP contribution in [-0.2, 0) is 16.9 Å². The van der Waals surface area contributed by atoms with Crippen molar-refractivity contribution in [2.75, 3.05) is 19.1 Å². The molecule has 0 aromatic carbocycles. The zero-order chi connectivity index (χ0) is 10.9. The van der Waals surface area contributed by atoms with Crippen molar-refractivity contribution in [3.05, 3.63) is 17.2 Å². The Kier molecular flexibility index (Phi) is 3.25. The summed E-state index contributed by atoms with van der Waals surface area (Å²) in [5.41, 5.74) is 1.77. The van der Waals surface area contributed by atoms with E-state index in [0.717, 1.165) is 11.4 Å². The smallest absolute Gasteiger partial charge is 0.206 e. The summed E-state index contributed by atoms with van der Waals surface area (Å²) in [4.78, 5) is 4.16. The molecule has 14 heavy (non-hydrogen) atoms. The number of aromatic nitrogens is 2. The number of halogens is 1. The van der Waals surface area contributed by atoms with Gasteiger partial charge in [0.05, 0.1) is 11.4 Å². The van der Waals surface area contributed by atoms with Crippen LogP contribution in [0.25, 0.3) is 0 Å². The maximum absolute atomic E-state index is 12.4. The standard InChI is InChI=1S/C8H14FN3OS/c1-6-7(2)12(11(3)4)8(10-6)5-14(9)13/h5H2,1-4H3. The fourth-order valence-electron chi connectivity index (χ4n) is 1.39. The molecule has 0 saturated heterocycles. The lowest BCUT2D eigenvalue weighted by atomic mass is 10.4. The normalized spacial score (nSPS) is 12.9. The second kappa shape index (κ2) is 4.08. The predicted molar refractivity (Wildman–Crippen MR) is 54.7 cm³/mol. The van der Waals surface area contributed by atoms with Crippen molar-refractivity contribution in [3.63, 3.8) is 0 Å². The van der Waals surface area contributed by atoms with Crippen LogP contribution in [0.3, 0.4) is 0 Å². The van der Waals surface area contributed by atoms with Crippen molar-refractivity contribution < 1.29 is 8.09 Å². The van der Waals surface area contributed by atoms with E-state index in [4.69, 9.17) is 0 Å². The van der Waals surface area contributed by atoms with Gasteiger partial charge in [-0.3, -0.25) is 0 Å². The van der Waals surface area contributed by atoms with Crippen LogP contribution in [0, 0.1) is 13.8 Å². The Balaban J connectivity index is 3.15. The van der Waals surface area contributed by atoms with Gasteiger partial charge in [0.2, 0.25) is 11.2 Å². The van der Waals surface area contributed by atoms with E-state index in [1.807, 2.05) is 27.9 Å². The van der Waals surface area contributed by atoms with Gasteiger partial charge in [-0.25, -0.2) is 13.9 Å². The average molecular weight is 219 g/mol. The zero-order valence-corrected chi connectivity index (χ0v) is 9.56. The molecule has 1 aromatic heterocycles. The van der Waals surface area contributed by atoms with Crippen molar-refractivity contribution in [2.24, 2.45) is 0 Å². The molecule has 0 aliphatic rings. The topological polar surface area (TPSA) is 38.1 Å². The van der Waals surface area contributed by atoms with Gasteiger partial charge in [-0.2, -0.15) is 0 Å². The van der Waals surface area contributed by atoms with Crippen LogP contribution in [0.1, 0.15) is 17.2 Å². The summed E-state index contributed by atoms with van der Waals surface area (Å²) in [6.45, 7) is 3.74. The molecule has 0 fully saturated rings. The van der Waals surface area contributed by atoms with E-state index in [2.05, 4.69) is 4.98 Å². The Bertz CT molecular complexity index is 362. The molecule has 0 N–H and O–H groups in total. The molecule has 0 bridgehead atoms. The third kappa shape index (κ3) is 2.12. The molecule has 4 nitrogen and oxygen atoms in total. The largest absolute Gasteiger partial charge is 0.317 e. The fourth-order valence-corrected chi connectivity index (χ4v) is 1.78. The van der Waals surface area contributed by atoms with Gasteiger partial charge in [0, 0.05) is 14.1 Å². The highest BCUT2D eigenvalue weighted by Gasteiger charge is 2.14. The molecule has 0 radical (unpaired) electrons. The van der Waals surface area contributed by atoms with Crippen LogP contribution in [0.2, 0.25) is 0 Å². The Labute approximate surface area is 85.5 Å². The maximum atomic E-state index is 12.4. The first-order chi connectivity index (χ1) is 6.43. The molecular formula is C8H14FN3OS. The quantitative estimate of drug-likeness (QED) is 0.707. The van der Waals surface area contributed by atoms with Crippen molar-refractivity contribution in [1.29, 1.82) is 0 Å². The van der Waals surface area contributed by atoms with Gasteiger partial charge >= 0.3 is 0 Å². The van der Waals surface area contributed by atoms with E-state index < -0.39 is 11.2 Å². The lowest BCUT2D eigenvalue weighted by molar-refractivity contribution is 0.636. The molecule has 0 aliphatic carbocycles. The summed E-state index contributed by atoms with van der Waals surface area (Å²) in [5.74, 6) is 0.332. The number of imidazole rings is 1. The van der Waals surface area contributed by atoms with E-state index in [0.29, 0.717) is 5.82 Å². The molecule has 0 aliphatic heterocycles. The Morgan fingerprint density at radius 2 is 2.07 bits per heavy atom. The Hall–Kier alpha value is -0.910. The predicted octanol–water partition coefficient (Wildman–Crippen LogP) is 0.831. The van der Waals surface area contributed by atoms with Gasteiger partial charge in [0.1, 0.15) is 11.6 Å². The summed E-state index contributed by atoms with van der Waals surface area (Å²) < 4.78 is 24.6. The Morgan fingerprint density at radius 1 is 1.50 bits per heavy atom. The molecule has 0 spiro atoms. The molecule has 0 amide bonds. The van der Waals surface area contributed by atoms with Crippen LogP contribution in [0.5, 0.6) is 0 Å². The lowest BCUT2D eigenvalue weighted by Crippen LogP contribution is -2.28. The van der Waals surface area contributed by atoms with Gasteiger partial charge < -0.3 is 5.01 Å². The Morgan fingerprint density at radius 3 is 2.50 bits per heavy atom. The third-order valence-corrected chi connectivity index (χ3v) is 2.51. The van der Waals surface area contributed by atoms with Crippen LogP contribution >= 0.6 is 0 Å². The average Bonchev–Trinajstić information content (AvgIpc) is 2.26. The van der Waals surface area contributed by atoms with Crippen LogP contribution < -0.4 is 5.01 Å². The molecule has 80 valence electrons. The second-order valence-corrected chi connectivity index (χ2v) is 4.16. The van der Waals surface area contributed by atoms with E-state index in [1.165, 1.54) is 0 Å². The lowest BCUT2D eigenvalue weighted by Gasteiger charge is -2.18. The first kappa shape index (κ1) is 11.2. The first-order valence-electron chi connectivity index (χ1n) is 4.20. The monoisotopic (exact) mass is 219 g/mol. The number of rotatable bonds is 3. The molecule has 1 rings (SSSR count). The van der Waals surface area contributed by atoms with E-state index in [1.54, 1.807) is 9.69 Å². The van der Waals surface area contributed by atoms with Gasteiger partial charge in [0.25, 0.3) is 0 Å². The number of hydrogen-bond donors (Lipinski definition) is 0. The highest BCUT2D eigenvalue weighted by Crippen LogP contribution is 2.11. The first-order valence-corrected chi connectivity index (χ1v) is 5.42. The van der Waals surface area contributed by atoms with Crippen molar-refractivity contribution in [2.45, 2.75) is 19.6 Å². The summed E-state index contributed by atoms with van der Waals surface area (Å²) in [6, 6.07) is 0. The molecular weight excluding hydrogens is 205 g/mol. The second-order valence-electron chi connectivity index (χ2n) is 3.29. The van der Waals surface area contributed by atoms with Crippen molar-refractivity contribution in [3.8, 4) is 0 Å². The third-order valence-electron chi connectivity index (χ3n) is 2.03. The van der Waals surface area contributed by atoms with Crippen LogP contribution in [0.4, 0.5) is 3.89 Å². The van der Waals surface area contributed by atoms with Gasteiger partial charge in [-0.15, -0.1) is 3.89 Å². The van der Waals surface area contributed by atoms with E-state index in [-0.39, 0.29) is 5.75 Å². The zero-order valence-electron chi connectivity index (χ0n) is 8.74. The summed E-state index contributed by atoms with van der Waals surface area (Å²) in [5, 5.41) is 1.79. The highest BCUT2D eigenvalue weighted by molar-refractivity contribution is 7.78. The van der Waals surface area contributed by atoms with Crippen LogP contribution in [0.15, 0.2) is 0 Å². The van der Waals surface area contributed by atoms with E-state index >= 15 is 0 Å². The minimum Gasteiger partial charge on any atom is -0.317 e. The SMILES string of the molecule is Cc1nc(CS(=O)F)n(N(C)C)c1C. The molecule has 1 aromatic rings. The molecule has 1 atom stereocenters. The molecule has 6 heteroatoms.